The van der Waals surface area contributed by atoms with Crippen molar-refractivity contribution in [1.82, 2.24) is 4.98 Å². The third-order valence-electron chi connectivity index (χ3n) is 2.62. The van der Waals surface area contributed by atoms with Crippen molar-refractivity contribution in [3.8, 4) is 5.88 Å². The molecule has 9 heteroatoms. The average Bonchev–Trinajstić information content (AvgIpc) is 2.38. The van der Waals surface area contributed by atoms with Gasteiger partial charge >= 0.3 is 6.18 Å². The number of nitrogens with one attached hydrogen (secondary N) is 2. The molecule has 0 spiro atoms. The summed E-state index contributed by atoms with van der Waals surface area (Å²) in [7, 11) is 0. The normalized spacial score (nSPS) is 11.3. The van der Waals surface area contributed by atoms with E-state index in [2.05, 4.69) is 5.32 Å². The Hall–Kier alpha value is -2.48. The van der Waals surface area contributed by atoms with Gasteiger partial charge in [0, 0.05) is 17.8 Å². The Labute approximate surface area is 126 Å². The molecule has 1 aromatic carbocycles. The lowest BCUT2D eigenvalue weighted by Crippen LogP contribution is -2.16. The minimum absolute atomic E-state index is 0.151. The number of aromatic amines is 1. The van der Waals surface area contributed by atoms with Gasteiger partial charge in [0.15, 0.2) is 5.88 Å². The smallest absolute Gasteiger partial charge is 0.417 e. The standard InChI is InChI=1S/C13H8ClF3N2O3/c14-9-2-1-7(5-8(9)13(15,16)17)18-12(22)6-3-10(20)19-11(21)4-6/h1-5H,(H,18,22)(H2,19,20,21). The summed E-state index contributed by atoms with van der Waals surface area (Å²) in [5.74, 6) is -1.39. The van der Waals surface area contributed by atoms with Crippen molar-refractivity contribution in [3.05, 3.63) is 56.8 Å². The maximum absolute atomic E-state index is 12.7. The number of anilines is 1. The Morgan fingerprint density at radius 1 is 1.23 bits per heavy atom. The molecule has 0 aliphatic carbocycles. The molecule has 0 aliphatic heterocycles. The van der Waals surface area contributed by atoms with Gasteiger partial charge in [0.25, 0.3) is 11.5 Å². The molecule has 0 atom stereocenters. The lowest BCUT2D eigenvalue weighted by Gasteiger charge is -2.11. The molecule has 0 aliphatic rings. The molecule has 2 rings (SSSR count). The molecule has 0 bridgehead atoms. The van der Waals surface area contributed by atoms with E-state index < -0.39 is 34.1 Å². The molecular formula is C13H8ClF3N2O3. The van der Waals surface area contributed by atoms with Crippen LogP contribution in [0.3, 0.4) is 0 Å². The minimum atomic E-state index is -4.67. The third-order valence-corrected chi connectivity index (χ3v) is 2.95. The van der Waals surface area contributed by atoms with Gasteiger partial charge in [-0.2, -0.15) is 13.2 Å². The summed E-state index contributed by atoms with van der Waals surface area (Å²) in [4.78, 5) is 25.0. The number of alkyl halides is 3. The second-order valence-corrected chi connectivity index (χ2v) is 4.67. The largest absolute Gasteiger partial charge is 0.494 e. The molecule has 116 valence electrons. The highest BCUT2D eigenvalue weighted by Crippen LogP contribution is 2.36. The fourth-order valence-corrected chi connectivity index (χ4v) is 1.91. The van der Waals surface area contributed by atoms with Gasteiger partial charge in [-0.1, -0.05) is 11.6 Å². The number of benzene rings is 1. The van der Waals surface area contributed by atoms with Crippen LogP contribution in [-0.2, 0) is 6.18 Å². The molecule has 0 saturated heterocycles. The number of amides is 1. The molecular weight excluding hydrogens is 325 g/mol. The summed E-state index contributed by atoms with van der Waals surface area (Å²) in [6.45, 7) is 0. The number of hydrogen-bond donors (Lipinski definition) is 3. The van der Waals surface area contributed by atoms with Crippen LogP contribution in [0.5, 0.6) is 5.88 Å². The Balaban J connectivity index is 2.31. The van der Waals surface area contributed by atoms with Gasteiger partial charge in [-0.15, -0.1) is 0 Å². The van der Waals surface area contributed by atoms with Gasteiger partial charge in [0.05, 0.1) is 16.1 Å². The number of rotatable bonds is 2. The van der Waals surface area contributed by atoms with Crippen LogP contribution in [-0.4, -0.2) is 16.0 Å². The first-order valence-electron chi connectivity index (χ1n) is 5.78. The van der Waals surface area contributed by atoms with Crippen LogP contribution in [0.4, 0.5) is 18.9 Å². The number of carbonyl (C=O) groups excluding carboxylic acids is 1. The highest BCUT2D eigenvalue weighted by molar-refractivity contribution is 6.31. The third kappa shape index (κ3) is 3.59. The number of H-pyrrole nitrogens is 1. The van der Waals surface area contributed by atoms with Crippen LogP contribution in [0.15, 0.2) is 35.1 Å². The van der Waals surface area contributed by atoms with Gasteiger partial charge in [0.1, 0.15) is 0 Å². The maximum Gasteiger partial charge on any atom is 0.417 e. The summed E-state index contributed by atoms with van der Waals surface area (Å²) in [6, 6.07) is 4.72. The molecule has 0 radical (unpaired) electrons. The van der Waals surface area contributed by atoms with E-state index in [1.807, 2.05) is 4.98 Å². The molecule has 0 unspecified atom stereocenters. The lowest BCUT2D eigenvalue weighted by atomic mass is 10.1. The van der Waals surface area contributed by atoms with Gasteiger partial charge in [-0.3, -0.25) is 14.6 Å². The topological polar surface area (TPSA) is 82.2 Å². The average molecular weight is 333 g/mol. The number of pyridine rings is 1. The van der Waals surface area contributed by atoms with Crippen molar-refractivity contribution in [1.29, 1.82) is 0 Å². The van der Waals surface area contributed by atoms with Crippen LogP contribution in [0, 0.1) is 0 Å². The highest BCUT2D eigenvalue weighted by atomic mass is 35.5. The van der Waals surface area contributed by atoms with E-state index in [0.717, 1.165) is 18.2 Å². The number of carbonyl (C=O) groups is 1. The monoisotopic (exact) mass is 332 g/mol. The van der Waals surface area contributed by atoms with Gasteiger partial charge < -0.3 is 10.4 Å². The zero-order valence-electron chi connectivity index (χ0n) is 10.7. The SMILES string of the molecule is O=C(Nc1ccc(Cl)c(C(F)(F)F)c1)c1cc(O)[nH]c(=O)c1. The van der Waals surface area contributed by atoms with E-state index >= 15 is 0 Å². The predicted octanol–water partition coefficient (Wildman–Crippen LogP) is 3.01. The summed E-state index contributed by atoms with van der Waals surface area (Å²) >= 11 is 5.46. The molecule has 1 heterocycles. The molecule has 1 aromatic heterocycles. The highest BCUT2D eigenvalue weighted by Gasteiger charge is 2.33. The summed E-state index contributed by atoms with van der Waals surface area (Å²) in [5.41, 5.74) is -2.18. The number of aromatic nitrogens is 1. The van der Waals surface area contributed by atoms with Crippen LogP contribution in [0.2, 0.25) is 5.02 Å². The van der Waals surface area contributed by atoms with Crippen molar-refractivity contribution in [3.63, 3.8) is 0 Å². The summed E-state index contributed by atoms with van der Waals surface area (Å²) in [6.07, 6.45) is -4.67. The van der Waals surface area contributed by atoms with E-state index in [9.17, 15) is 27.9 Å². The van der Waals surface area contributed by atoms with Gasteiger partial charge in [0.2, 0.25) is 0 Å². The van der Waals surface area contributed by atoms with Crippen molar-refractivity contribution in [2.45, 2.75) is 6.18 Å². The number of hydrogen-bond acceptors (Lipinski definition) is 3. The van der Waals surface area contributed by atoms with Crippen molar-refractivity contribution in [2.75, 3.05) is 5.32 Å². The molecule has 0 saturated carbocycles. The van der Waals surface area contributed by atoms with E-state index in [1.165, 1.54) is 6.07 Å². The molecule has 22 heavy (non-hydrogen) atoms. The Kier molecular flexibility index (Phi) is 4.14. The van der Waals surface area contributed by atoms with Crippen molar-refractivity contribution < 1.29 is 23.1 Å². The van der Waals surface area contributed by atoms with Gasteiger partial charge in [-0.25, -0.2) is 0 Å². The first kappa shape index (κ1) is 15.9. The second kappa shape index (κ2) is 5.72. The first-order chi connectivity index (χ1) is 10.2. The molecule has 0 fully saturated rings. The Bertz CT molecular complexity index is 787. The molecule has 2 aromatic rings. The van der Waals surface area contributed by atoms with E-state index in [-0.39, 0.29) is 11.3 Å². The van der Waals surface area contributed by atoms with Crippen LogP contribution in [0.25, 0.3) is 0 Å². The van der Waals surface area contributed by atoms with Gasteiger partial charge in [-0.05, 0) is 18.2 Å². The zero-order valence-corrected chi connectivity index (χ0v) is 11.4. The minimum Gasteiger partial charge on any atom is -0.494 e. The predicted molar refractivity (Wildman–Crippen MR) is 73.1 cm³/mol. The maximum atomic E-state index is 12.7. The van der Waals surface area contributed by atoms with E-state index in [4.69, 9.17) is 11.6 Å². The zero-order chi connectivity index (χ0) is 16.5. The summed E-state index contributed by atoms with van der Waals surface area (Å²) < 4.78 is 38.2. The van der Waals surface area contributed by atoms with Crippen molar-refractivity contribution >= 4 is 23.2 Å². The summed E-state index contributed by atoms with van der Waals surface area (Å²) in [5, 5.41) is 10.9. The number of halogens is 4. The fraction of sp³-hybridized carbons (Fsp3) is 0.0769. The quantitative estimate of drug-likeness (QED) is 0.790. The Morgan fingerprint density at radius 3 is 2.50 bits per heavy atom. The number of aromatic hydroxyl groups is 1. The second-order valence-electron chi connectivity index (χ2n) is 4.27. The van der Waals surface area contributed by atoms with Crippen LogP contribution >= 0.6 is 11.6 Å². The lowest BCUT2D eigenvalue weighted by molar-refractivity contribution is -0.137. The first-order valence-corrected chi connectivity index (χ1v) is 6.16. The molecule has 5 nitrogen and oxygen atoms in total. The van der Waals surface area contributed by atoms with Crippen LogP contribution in [0.1, 0.15) is 15.9 Å². The van der Waals surface area contributed by atoms with Crippen LogP contribution < -0.4 is 10.9 Å². The van der Waals surface area contributed by atoms with E-state index in [0.29, 0.717) is 6.07 Å². The Morgan fingerprint density at radius 2 is 1.91 bits per heavy atom. The van der Waals surface area contributed by atoms with E-state index in [1.54, 1.807) is 0 Å². The fourth-order valence-electron chi connectivity index (χ4n) is 1.68. The molecule has 1 amide bonds. The molecule has 3 N–H and O–H groups in total. The van der Waals surface area contributed by atoms with Crippen molar-refractivity contribution in [2.24, 2.45) is 0 Å².